The minimum absolute atomic E-state index is 0.0485. The summed E-state index contributed by atoms with van der Waals surface area (Å²) in [6.07, 6.45) is 5.06. The predicted octanol–water partition coefficient (Wildman–Crippen LogP) is 3.17. The van der Waals surface area contributed by atoms with Gasteiger partial charge in [-0.05, 0) is 25.8 Å². The number of sulfonamides is 1. The largest absolute Gasteiger partial charge is 0.487 e. The Labute approximate surface area is 219 Å². The van der Waals surface area contributed by atoms with Gasteiger partial charge in [-0.1, -0.05) is 0 Å². The van der Waals surface area contributed by atoms with Gasteiger partial charge < -0.3 is 19.1 Å². The normalized spacial score (nSPS) is 17.3. The van der Waals surface area contributed by atoms with E-state index in [1.807, 2.05) is 6.92 Å². The van der Waals surface area contributed by atoms with E-state index in [1.165, 1.54) is 18.4 Å². The van der Waals surface area contributed by atoms with Crippen LogP contribution in [0.3, 0.4) is 0 Å². The van der Waals surface area contributed by atoms with Gasteiger partial charge in [-0.15, -0.1) is 11.3 Å². The van der Waals surface area contributed by atoms with E-state index in [4.69, 9.17) is 24.2 Å². The van der Waals surface area contributed by atoms with Crippen LogP contribution in [0.4, 0.5) is 11.6 Å². The summed E-state index contributed by atoms with van der Waals surface area (Å²) in [5.74, 6) is 1.68. The predicted molar refractivity (Wildman–Crippen MR) is 141 cm³/mol. The fraction of sp³-hybridized carbons (Fsp3) is 0.500. The molecule has 4 heterocycles. The molecule has 198 valence electrons. The van der Waals surface area contributed by atoms with E-state index in [2.05, 4.69) is 14.6 Å². The van der Waals surface area contributed by atoms with Crippen molar-refractivity contribution in [3.05, 3.63) is 17.1 Å². The summed E-state index contributed by atoms with van der Waals surface area (Å²) < 4.78 is 44.5. The first-order chi connectivity index (χ1) is 17.7. The number of anilines is 2. The lowest BCUT2D eigenvalue weighted by Crippen LogP contribution is -2.37. The molecule has 13 heteroatoms. The van der Waals surface area contributed by atoms with Gasteiger partial charge in [0.15, 0.2) is 5.75 Å². The number of carbonyl (C=O) groups is 1. The molecular formula is C24H29N5O6S2. The maximum absolute atomic E-state index is 12.0. The van der Waals surface area contributed by atoms with Crippen molar-refractivity contribution < 1.29 is 27.4 Å². The molecule has 2 aliphatic rings. The molecule has 0 atom stereocenters. The third-order valence-electron chi connectivity index (χ3n) is 6.33. The van der Waals surface area contributed by atoms with Crippen LogP contribution in [-0.2, 0) is 19.6 Å². The molecule has 0 unspecified atom stereocenters. The van der Waals surface area contributed by atoms with E-state index in [0.29, 0.717) is 80.5 Å². The van der Waals surface area contributed by atoms with Crippen LogP contribution < -0.4 is 19.1 Å². The number of nitrogens with one attached hydrogen (secondary N) is 1. The second-order valence-corrected chi connectivity index (χ2v) is 12.1. The van der Waals surface area contributed by atoms with Crippen LogP contribution >= 0.6 is 11.3 Å². The van der Waals surface area contributed by atoms with Gasteiger partial charge in [-0.25, -0.2) is 23.4 Å². The highest BCUT2D eigenvalue weighted by Crippen LogP contribution is 2.43. The highest BCUT2D eigenvalue weighted by Gasteiger charge is 2.27. The third-order valence-corrected chi connectivity index (χ3v) is 8.00. The Bertz CT molecular complexity index is 1430. The Morgan fingerprint density at radius 1 is 1.19 bits per heavy atom. The number of carbonyl (C=O) groups excluding carboxylic acids is 1. The molecule has 1 saturated heterocycles. The van der Waals surface area contributed by atoms with Crippen molar-refractivity contribution in [2.24, 2.45) is 0 Å². The van der Waals surface area contributed by atoms with Crippen LogP contribution in [0.15, 0.2) is 12.3 Å². The van der Waals surface area contributed by atoms with Crippen molar-refractivity contribution >= 4 is 49.0 Å². The quantitative estimate of drug-likeness (QED) is 0.470. The smallest absolute Gasteiger partial charge is 0.238 e. The molecule has 1 saturated carbocycles. The number of nitrogens with zero attached hydrogens (tertiary/aromatic N) is 4. The van der Waals surface area contributed by atoms with Gasteiger partial charge in [-0.3, -0.25) is 9.52 Å². The van der Waals surface area contributed by atoms with E-state index in [-0.39, 0.29) is 23.5 Å². The molecule has 37 heavy (non-hydrogen) atoms. The molecule has 1 aliphatic carbocycles. The third kappa shape index (κ3) is 5.63. The van der Waals surface area contributed by atoms with Crippen molar-refractivity contribution in [3.63, 3.8) is 0 Å². The molecule has 3 aromatic heterocycles. The summed E-state index contributed by atoms with van der Waals surface area (Å²) >= 11 is 1.52. The number of ether oxygens (including phenoxy) is 3. The van der Waals surface area contributed by atoms with Crippen LogP contribution in [0.1, 0.15) is 30.6 Å². The van der Waals surface area contributed by atoms with E-state index in [1.54, 1.807) is 12.3 Å². The number of morpholine rings is 1. The van der Waals surface area contributed by atoms with Gasteiger partial charge >= 0.3 is 0 Å². The molecule has 0 amide bonds. The van der Waals surface area contributed by atoms with Gasteiger partial charge in [0.25, 0.3) is 0 Å². The molecule has 1 N–H and O–H groups in total. The standard InChI is InChI=1S/C24H29N5O6S2/c1-14-21(35-17-6-4-16(30)5-7-17)20-22(36-14)19(26-24(27-20)29-8-10-34-11-9-29)15-12-18(28-37(3,31)32)23(33-2)25-13-15/h12-13,17,28H,4-11H2,1-3H3. The number of methoxy groups -OCH3 is 1. The lowest BCUT2D eigenvalue weighted by atomic mass is 9.96. The number of aromatic nitrogens is 3. The van der Waals surface area contributed by atoms with Gasteiger partial charge in [0.1, 0.15) is 17.0 Å². The van der Waals surface area contributed by atoms with Crippen LogP contribution in [0, 0.1) is 6.92 Å². The summed E-state index contributed by atoms with van der Waals surface area (Å²) in [4.78, 5) is 28.9. The molecule has 3 aromatic rings. The molecule has 0 radical (unpaired) electrons. The Hall–Kier alpha value is -3.03. The number of rotatable bonds is 7. The number of pyridine rings is 1. The highest BCUT2D eigenvalue weighted by atomic mass is 32.2. The number of thiophene rings is 1. The van der Waals surface area contributed by atoms with Gasteiger partial charge in [0.05, 0.1) is 43.1 Å². The number of Topliss-reactive ketones (excluding diaryl/α,β-unsaturated/α-hetero) is 1. The van der Waals surface area contributed by atoms with Crippen molar-refractivity contribution in [3.8, 4) is 22.9 Å². The van der Waals surface area contributed by atoms with Crippen LogP contribution in [0.5, 0.6) is 11.6 Å². The molecule has 0 spiro atoms. The van der Waals surface area contributed by atoms with Crippen molar-refractivity contribution in [1.82, 2.24) is 15.0 Å². The number of hydrogen-bond acceptors (Lipinski definition) is 11. The Morgan fingerprint density at radius 2 is 1.92 bits per heavy atom. The lowest BCUT2D eigenvalue weighted by Gasteiger charge is -2.27. The number of fused-ring (bicyclic) bond motifs is 1. The zero-order valence-corrected chi connectivity index (χ0v) is 22.6. The van der Waals surface area contributed by atoms with Crippen LogP contribution in [0.25, 0.3) is 21.5 Å². The first-order valence-corrected chi connectivity index (χ1v) is 14.8. The summed E-state index contributed by atoms with van der Waals surface area (Å²) in [5, 5.41) is 0. The maximum Gasteiger partial charge on any atom is 0.238 e. The summed E-state index contributed by atoms with van der Waals surface area (Å²) in [6.45, 7) is 4.43. The van der Waals surface area contributed by atoms with Gasteiger partial charge in [-0.2, -0.15) is 0 Å². The van der Waals surface area contributed by atoms with E-state index >= 15 is 0 Å². The van der Waals surface area contributed by atoms with Crippen molar-refractivity contribution in [2.45, 2.75) is 38.7 Å². The van der Waals surface area contributed by atoms with Gasteiger partial charge in [0, 0.05) is 42.6 Å². The second-order valence-electron chi connectivity index (χ2n) is 9.15. The Kier molecular flexibility index (Phi) is 7.19. The summed E-state index contributed by atoms with van der Waals surface area (Å²) in [6, 6.07) is 1.67. The second kappa shape index (κ2) is 10.4. The zero-order valence-electron chi connectivity index (χ0n) is 20.9. The molecule has 5 rings (SSSR count). The fourth-order valence-corrected chi connectivity index (χ4v) is 6.09. The minimum atomic E-state index is -3.57. The van der Waals surface area contributed by atoms with E-state index < -0.39 is 10.0 Å². The fourth-order valence-electron chi connectivity index (χ4n) is 4.51. The summed E-state index contributed by atoms with van der Waals surface area (Å²) in [7, 11) is -2.14. The first kappa shape index (κ1) is 25.6. The Balaban J connectivity index is 1.64. The minimum Gasteiger partial charge on any atom is -0.487 e. The SMILES string of the molecule is COc1ncc(-c2nc(N3CCOCC3)nc3c(OC4CCC(=O)CC4)c(C)sc23)cc1NS(C)(=O)=O. The van der Waals surface area contributed by atoms with Crippen molar-refractivity contribution in [2.75, 3.05) is 49.3 Å². The average molecular weight is 548 g/mol. The lowest BCUT2D eigenvalue weighted by molar-refractivity contribution is -0.121. The van der Waals surface area contributed by atoms with E-state index in [0.717, 1.165) is 15.8 Å². The van der Waals surface area contributed by atoms with Crippen molar-refractivity contribution in [1.29, 1.82) is 0 Å². The number of hydrogen-bond donors (Lipinski definition) is 1. The van der Waals surface area contributed by atoms with Gasteiger partial charge in [0.2, 0.25) is 21.9 Å². The molecule has 1 aliphatic heterocycles. The highest BCUT2D eigenvalue weighted by molar-refractivity contribution is 7.92. The molecule has 11 nitrogen and oxygen atoms in total. The monoisotopic (exact) mass is 547 g/mol. The molecular weight excluding hydrogens is 518 g/mol. The number of ketones is 1. The summed E-state index contributed by atoms with van der Waals surface area (Å²) in [5.41, 5.74) is 2.16. The zero-order chi connectivity index (χ0) is 26.2. The van der Waals surface area contributed by atoms with Crippen LogP contribution in [-0.4, -0.2) is 74.9 Å². The Morgan fingerprint density at radius 3 is 2.59 bits per heavy atom. The van der Waals surface area contributed by atoms with E-state index in [9.17, 15) is 13.2 Å². The average Bonchev–Trinajstić information content (AvgIpc) is 3.19. The molecule has 2 fully saturated rings. The first-order valence-electron chi connectivity index (χ1n) is 12.1. The number of aryl methyl sites for hydroxylation is 1. The maximum atomic E-state index is 12.0. The molecule has 0 bridgehead atoms. The molecule has 0 aromatic carbocycles. The van der Waals surface area contributed by atoms with Crippen LogP contribution in [0.2, 0.25) is 0 Å². The topological polar surface area (TPSA) is 133 Å².